The quantitative estimate of drug-likeness (QED) is 0.866. The van der Waals surface area contributed by atoms with Crippen LogP contribution >= 0.6 is 0 Å². The fourth-order valence-corrected chi connectivity index (χ4v) is 2.63. The number of carboxylic acid groups (broad SMARTS) is 1. The van der Waals surface area contributed by atoms with Crippen LogP contribution in [-0.4, -0.2) is 23.5 Å². The Morgan fingerprint density at radius 2 is 2.11 bits per heavy atom. The average Bonchev–Trinajstić information content (AvgIpc) is 2.92. The first-order chi connectivity index (χ1) is 8.58. The summed E-state index contributed by atoms with van der Waals surface area (Å²) in [5.74, 6) is -0.0438. The van der Waals surface area contributed by atoms with E-state index in [0.29, 0.717) is 18.0 Å². The lowest BCUT2D eigenvalue weighted by molar-refractivity contribution is -0.119. The summed E-state index contributed by atoms with van der Waals surface area (Å²) in [4.78, 5) is 24.9. The Bertz CT molecular complexity index is 538. The maximum atomic E-state index is 12.2. The number of rotatable bonds is 2. The van der Waals surface area contributed by atoms with Gasteiger partial charge in [-0.1, -0.05) is 6.92 Å². The van der Waals surface area contributed by atoms with Crippen LogP contribution in [0.15, 0.2) is 18.2 Å². The SMILES string of the molecule is CC1CC1C(=O)N1CCc2cc(C(=O)O)ccc21. The number of hydrogen-bond donors (Lipinski definition) is 1. The molecule has 1 aliphatic carbocycles. The second kappa shape index (κ2) is 3.83. The van der Waals surface area contributed by atoms with E-state index in [2.05, 4.69) is 6.92 Å². The zero-order chi connectivity index (χ0) is 12.9. The molecule has 4 nitrogen and oxygen atoms in total. The minimum Gasteiger partial charge on any atom is -0.478 e. The third-order valence-corrected chi connectivity index (χ3v) is 3.91. The Hall–Kier alpha value is -1.84. The van der Waals surface area contributed by atoms with E-state index in [1.54, 1.807) is 18.2 Å². The summed E-state index contributed by atoms with van der Waals surface area (Å²) in [6.45, 7) is 2.77. The highest BCUT2D eigenvalue weighted by atomic mass is 16.4. The Kier molecular flexibility index (Phi) is 2.40. The number of carbonyl (C=O) groups excluding carboxylic acids is 1. The summed E-state index contributed by atoms with van der Waals surface area (Å²) in [7, 11) is 0. The van der Waals surface area contributed by atoms with Crippen molar-refractivity contribution in [3.8, 4) is 0 Å². The van der Waals surface area contributed by atoms with Gasteiger partial charge in [0.2, 0.25) is 5.91 Å². The lowest BCUT2D eigenvalue weighted by Gasteiger charge is -2.17. The molecule has 1 N–H and O–H groups in total. The molecule has 1 aliphatic heterocycles. The van der Waals surface area contributed by atoms with Crippen LogP contribution < -0.4 is 4.90 Å². The predicted molar refractivity (Wildman–Crippen MR) is 66.7 cm³/mol. The molecule has 2 unspecified atom stereocenters. The lowest BCUT2D eigenvalue weighted by atomic mass is 10.1. The highest BCUT2D eigenvalue weighted by molar-refractivity contribution is 5.99. The van der Waals surface area contributed by atoms with Gasteiger partial charge in [0.25, 0.3) is 0 Å². The second-order valence-corrected chi connectivity index (χ2v) is 5.21. The van der Waals surface area contributed by atoms with E-state index in [1.807, 2.05) is 4.90 Å². The zero-order valence-corrected chi connectivity index (χ0v) is 10.2. The van der Waals surface area contributed by atoms with Crippen LogP contribution in [0.4, 0.5) is 5.69 Å². The number of nitrogens with zero attached hydrogens (tertiary/aromatic N) is 1. The third kappa shape index (κ3) is 1.68. The minimum absolute atomic E-state index is 0.176. The highest BCUT2D eigenvalue weighted by Gasteiger charge is 2.43. The molecule has 18 heavy (non-hydrogen) atoms. The molecule has 0 radical (unpaired) electrons. The molecule has 1 aromatic carbocycles. The number of carboxylic acids is 1. The van der Waals surface area contributed by atoms with E-state index in [0.717, 1.165) is 24.1 Å². The highest BCUT2D eigenvalue weighted by Crippen LogP contribution is 2.41. The van der Waals surface area contributed by atoms with E-state index < -0.39 is 5.97 Å². The van der Waals surface area contributed by atoms with Crippen LogP contribution in [0.5, 0.6) is 0 Å². The van der Waals surface area contributed by atoms with E-state index >= 15 is 0 Å². The fourth-order valence-electron chi connectivity index (χ4n) is 2.63. The van der Waals surface area contributed by atoms with Crippen LogP contribution in [0.3, 0.4) is 0 Å². The summed E-state index contributed by atoms with van der Waals surface area (Å²) in [6.07, 6.45) is 1.74. The molecule has 1 heterocycles. The van der Waals surface area contributed by atoms with Gasteiger partial charge in [-0.05, 0) is 42.5 Å². The van der Waals surface area contributed by atoms with Gasteiger partial charge >= 0.3 is 5.97 Å². The molecular formula is C14H15NO3. The van der Waals surface area contributed by atoms with Crippen molar-refractivity contribution in [2.45, 2.75) is 19.8 Å². The number of amides is 1. The molecule has 2 atom stereocenters. The van der Waals surface area contributed by atoms with Crippen molar-refractivity contribution < 1.29 is 14.7 Å². The monoisotopic (exact) mass is 245 g/mol. The zero-order valence-electron chi connectivity index (χ0n) is 10.2. The molecule has 1 saturated carbocycles. The number of anilines is 1. The van der Waals surface area contributed by atoms with Gasteiger partial charge in [0.1, 0.15) is 0 Å². The summed E-state index contributed by atoms with van der Waals surface area (Å²) >= 11 is 0. The standard InChI is InChI=1S/C14H15NO3/c1-8-6-11(8)13(16)15-5-4-9-7-10(14(17)18)2-3-12(9)15/h2-3,7-8,11H,4-6H2,1H3,(H,17,18). The predicted octanol–water partition coefficient (Wildman–Crippen LogP) is 1.93. The first kappa shape index (κ1) is 11.3. The smallest absolute Gasteiger partial charge is 0.335 e. The van der Waals surface area contributed by atoms with Crippen molar-refractivity contribution in [1.29, 1.82) is 0 Å². The number of fused-ring (bicyclic) bond motifs is 1. The lowest BCUT2D eigenvalue weighted by Crippen LogP contribution is -2.30. The van der Waals surface area contributed by atoms with Crippen molar-refractivity contribution >= 4 is 17.6 Å². The molecule has 94 valence electrons. The number of aromatic carboxylic acids is 1. The molecule has 1 aromatic rings. The van der Waals surface area contributed by atoms with Gasteiger partial charge in [-0.2, -0.15) is 0 Å². The second-order valence-electron chi connectivity index (χ2n) is 5.21. The van der Waals surface area contributed by atoms with Crippen LogP contribution in [0.1, 0.15) is 29.3 Å². The first-order valence-corrected chi connectivity index (χ1v) is 6.25. The molecule has 1 amide bonds. The molecular weight excluding hydrogens is 230 g/mol. The van der Waals surface area contributed by atoms with Gasteiger partial charge in [-0.25, -0.2) is 4.79 Å². The van der Waals surface area contributed by atoms with Crippen LogP contribution in [-0.2, 0) is 11.2 Å². The van der Waals surface area contributed by atoms with Gasteiger partial charge < -0.3 is 10.0 Å². The van der Waals surface area contributed by atoms with Crippen LogP contribution in [0.2, 0.25) is 0 Å². The molecule has 0 spiro atoms. The van der Waals surface area contributed by atoms with Crippen LogP contribution in [0, 0.1) is 11.8 Å². The Labute approximate surface area is 105 Å². The molecule has 0 aromatic heterocycles. The molecule has 4 heteroatoms. The normalized spacial score (nSPS) is 24.8. The third-order valence-electron chi connectivity index (χ3n) is 3.91. The van der Waals surface area contributed by atoms with Crippen molar-refractivity contribution in [3.63, 3.8) is 0 Å². The summed E-state index contributed by atoms with van der Waals surface area (Å²) in [5.41, 5.74) is 2.16. The minimum atomic E-state index is -0.918. The van der Waals surface area contributed by atoms with Gasteiger partial charge in [-0.15, -0.1) is 0 Å². The van der Waals surface area contributed by atoms with Crippen molar-refractivity contribution in [1.82, 2.24) is 0 Å². The van der Waals surface area contributed by atoms with E-state index in [-0.39, 0.29) is 11.8 Å². The molecule has 0 saturated heterocycles. The largest absolute Gasteiger partial charge is 0.478 e. The van der Waals surface area contributed by atoms with Crippen molar-refractivity contribution in [3.05, 3.63) is 29.3 Å². The number of hydrogen-bond acceptors (Lipinski definition) is 2. The Morgan fingerprint density at radius 3 is 2.72 bits per heavy atom. The topological polar surface area (TPSA) is 57.6 Å². The summed E-state index contributed by atoms with van der Waals surface area (Å²) < 4.78 is 0. The molecule has 1 fully saturated rings. The Balaban J connectivity index is 1.88. The van der Waals surface area contributed by atoms with Gasteiger partial charge in [0.15, 0.2) is 0 Å². The molecule has 3 rings (SSSR count). The summed E-state index contributed by atoms with van der Waals surface area (Å²) in [5, 5.41) is 8.94. The average molecular weight is 245 g/mol. The summed E-state index contributed by atoms with van der Waals surface area (Å²) in [6, 6.07) is 5.01. The van der Waals surface area contributed by atoms with Crippen molar-refractivity contribution in [2.75, 3.05) is 11.4 Å². The molecule has 0 bridgehead atoms. The van der Waals surface area contributed by atoms with Crippen molar-refractivity contribution in [2.24, 2.45) is 11.8 Å². The van der Waals surface area contributed by atoms with Crippen LogP contribution in [0.25, 0.3) is 0 Å². The van der Waals surface area contributed by atoms with E-state index in [4.69, 9.17) is 5.11 Å². The van der Waals surface area contributed by atoms with E-state index in [1.165, 1.54) is 0 Å². The fraction of sp³-hybridized carbons (Fsp3) is 0.429. The molecule has 2 aliphatic rings. The first-order valence-electron chi connectivity index (χ1n) is 6.25. The van der Waals surface area contributed by atoms with E-state index in [9.17, 15) is 9.59 Å². The number of carbonyl (C=O) groups is 2. The maximum absolute atomic E-state index is 12.2. The Morgan fingerprint density at radius 1 is 1.39 bits per heavy atom. The van der Waals surface area contributed by atoms with Gasteiger partial charge in [0.05, 0.1) is 5.56 Å². The van der Waals surface area contributed by atoms with Gasteiger partial charge in [0, 0.05) is 18.2 Å². The maximum Gasteiger partial charge on any atom is 0.335 e. The van der Waals surface area contributed by atoms with Gasteiger partial charge in [-0.3, -0.25) is 4.79 Å². The number of benzene rings is 1.